The highest BCUT2D eigenvalue weighted by atomic mass is 16.5. The SMILES string of the molecule is CCOc1ccccc1/C=C/C(=O)Nc1ccc(CC)cc1. The van der Waals surface area contributed by atoms with Gasteiger partial charge >= 0.3 is 0 Å². The van der Waals surface area contributed by atoms with E-state index in [1.54, 1.807) is 6.08 Å². The van der Waals surface area contributed by atoms with Crippen LogP contribution in [0.1, 0.15) is 25.0 Å². The minimum absolute atomic E-state index is 0.157. The van der Waals surface area contributed by atoms with Crippen LogP contribution in [-0.2, 0) is 11.2 Å². The smallest absolute Gasteiger partial charge is 0.248 e. The summed E-state index contributed by atoms with van der Waals surface area (Å²) in [6, 6.07) is 15.5. The van der Waals surface area contributed by atoms with Crippen LogP contribution in [0.25, 0.3) is 6.08 Å². The third kappa shape index (κ3) is 4.48. The number of para-hydroxylation sites is 1. The van der Waals surface area contributed by atoms with Crippen molar-refractivity contribution in [2.75, 3.05) is 11.9 Å². The topological polar surface area (TPSA) is 38.3 Å². The van der Waals surface area contributed by atoms with Crippen molar-refractivity contribution in [3.63, 3.8) is 0 Å². The first-order valence-electron chi connectivity index (χ1n) is 7.52. The summed E-state index contributed by atoms with van der Waals surface area (Å²) in [5.74, 6) is 0.622. The number of hydrogen-bond acceptors (Lipinski definition) is 2. The Labute approximate surface area is 131 Å². The summed E-state index contributed by atoms with van der Waals surface area (Å²) in [7, 11) is 0. The lowest BCUT2D eigenvalue weighted by Crippen LogP contribution is -2.07. The number of carbonyl (C=O) groups is 1. The number of carbonyl (C=O) groups excluding carboxylic acids is 1. The van der Waals surface area contributed by atoms with Gasteiger partial charge in [-0.3, -0.25) is 4.79 Å². The molecule has 0 bridgehead atoms. The molecule has 0 unspecified atom stereocenters. The molecular weight excluding hydrogens is 274 g/mol. The number of ether oxygens (including phenoxy) is 1. The zero-order chi connectivity index (χ0) is 15.8. The van der Waals surface area contributed by atoms with E-state index in [0.717, 1.165) is 23.4 Å². The van der Waals surface area contributed by atoms with Crippen molar-refractivity contribution < 1.29 is 9.53 Å². The molecule has 0 aliphatic rings. The molecule has 2 aromatic carbocycles. The van der Waals surface area contributed by atoms with Crippen LogP contribution in [0, 0.1) is 0 Å². The molecule has 1 N–H and O–H groups in total. The summed E-state index contributed by atoms with van der Waals surface area (Å²) in [4.78, 5) is 12.0. The first kappa shape index (κ1) is 15.8. The number of benzene rings is 2. The molecule has 2 aromatic rings. The van der Waals surface area contributed by atoms with Gasteiger partial charge in [-0.15, -0.1) is 0 Å². The molecule has 0 fully saturated rings. The van der Waals surface area contributed by atoms with Crippen molar-refractivity contribution in [1.82, 2.24) is 0 Å². The van der Waals surface area contributed by atoms with Crippen LogP contribution in [0.2, 0.25) is 0 Å². The zero-order valence-corrected chi connectivity index (χ0v) is 13.0. The fourth-order valence-electron chi connectivity index (χ4n) is 2.08. The van der Waals surface area contributed by atoms with E-state index in [1.807, 2.05) is 55.5 Å². The van der Waals surface area contributed by atoms with E-state index in [0.29, 0.717) is 6.61 Å². The molecule has 3 nitrogen and oxygen atoms in total. The third-order valence-electron chi connectivity index (χ3n) is 3.26. The molecule has 0 heterocycles. The van der Waals surface area contributed by atoms with Crippen LogP contribution in [-0.4, -0.2) is 12.5 Å². The molecule has 0 saturated heterocycles. The molecule has 22 heavy (non-hydrogen) atoms. The third-order valence-corrected chi connectivity index (χ3v) is 3.26. The predicted octanol–water partition coefficient (Wildman–Crippen LogP) is 4.30. The van der Waals surface area contributed by atoms with E-state index < -0.39 is 0 Å². The minimum atomic E-state index is -0.157. The molecule has 0 spiro atoms. The molecular formula is C19H21NO2. The van der Waals surface area contributed by atoms with Gasteiger partial charge in [-0.25, -0.2) is 0 Å². The van der Waals surface area contributed by atoms with E-state index in [2.05, 4.69) is 12.2 Å². The van der Waals surface area contributed by atoms with Crippen LogP contribution < -0.4 is 10.1 Å². The van der Waals surface area contributed by atoms with E-state index in [1.165, 1.54) is 11.6 Å². The fraction of sp³-hybridized carbons (Fsp3) is 0.211. The number of amides is 1. The molecule has 0 aromatic heterocycles. The van der Waals surface area contributed by atoms with Gasteiger partial charge in [0.25, 0.3) is 0 Å². The summed E-state index contributed by atoms with van der Waals surface area (Å²) in [6.45, 7) is 4.64. The van der Waals surface area contributed by atoms with Gasteiger partial charge in [-0.2, -0.15) is 0 Å². The molecule has 1 amide bonds. The molecule has 0 aliphatic heterocycles. The molecule has 0 saturated carbocycles. The number of aryl methyl sites for hydroxylation is 1. The second kappa shape index (κ2) is 8.03. The maximum Gasteiger partial charge on any atom is 0.248 e. The Morgan fingerprint density at radius 1 is 1.09 bits per heavy atom. The van der Waals surface area contributed by atoms with E-state index in [4.69, 9.17) is 4.74 Å². The summed E-state index contributed by atoms with van der Waals surface area (Å²) >= 11 is 0. The van der Waals surface area contributed by atoms with Crippen LogP contribution in [0.3, 0.4) is 0 Å². The molecule has 2 rings (SSSR count). The Bertz CT molecular complexity index is 645. The number of anilines is 1. The number of hydrogen-bond donors (Lipinski definition) is 1. The van der Waals surface area contributed by atoms with Crippen LogP contribution >= 0.6 is 0 Å². The van der Waals surface area contributed by atoms with Crippen LogP contribution in [0.15, 0.2) is 54.6 Å². The van der Waals surface area contributed by atoms with Crippen LogP contribution in [0.4, 0.5) is 5.69 Å². The van der Waals surface area contributed by atoms with Gasteiger partial charge in [0, 0.05) is 17.3 Å². The highest BCUT2D eigenvalue weighted by Gasteiger charge is 2.01. The zero-order valence-electron chi connectivity index (χ0n) is 13.0. The fourth-order valence-corrected chi connectivity index (χ4v) is 2.08. The van der Waals surface area contributed by atoms with E-state index >= 15 is 0 Å². The van der Waals surface area contributed by atoms with Gasteiger partial charge < -0.3 is 10.1 Å². The van der Waals surface area contributed by atoms with Gasteiger partial charge in [-0.05, 0) is 43.2 Å². The lowest BCUT2D eigenvalue weighted by atomic mass is 10.1. The van der Waals surface area contributed by atoms with E-state index in [9.17, 15) is 4.79 Å². The molecule has 0 aliphatic carbocycles. The normalized spacial score (nSPS) is 10.6. The maximum absolute atomic E-state index is 12.0. The Morgan fingerprint density at radius 3 is 2.50 bits per heavy atom. The van der Waals surface area contributed by atoms with Crippen molar-refractivity contribution in [1.29, 1.82) is 0 Å². The molecule has 0 atom stereocenters. The Balaban J connectivity index is 2.01. The monoisotopic (exact) mass is 295 g/mol. The second-order valence-corrected chi connectivity index (χ2v) is 4.84. The number of nitrogens with one attached hydrogen (secondary N) is 1. The van der Waals surface area contributed by atoms with Gasteiger partial charge in [-0.1, -0.05) is 37.3 Å². The summed E-state index contributed by atoms with van der Waals surface area (Å²) in [6.07, 6.45) is 4.27. The molecule has 0 radical (unpaired) electrons. The Kier molecular flexibility index (Phi) is 5.78. The lowest BCUT2D eigenvalue weighted by molar-refractivity contribution is -0.111. The standard InChI is InChI=1S/C19H21NO2/c1-3-15-9-12-17(13-10-15)20-19(21)14-11-16-7-5-6-8-18(16)22-4-2/h5-14H,3-4H2,1-2H3,(H,20,21)/b14-11+. The highest BCUT2D eigenvalue weighted by molar-refractivity contribution is 6.02. The Morgan fingerprint density at radius 2 is 1.82 bits per heavy atom. The molecule has 114 valence electrons. The second-order valence-electron chi connectivity index (χ2n) is 4.84. The first-order chi connectivity index (χ1) is 10.7. The van der Waals surface area contributed by atoms with Gasteiger partial charge in [0.1, 0.15) is 5.75 Å². The van der Waals surface area contributed by atoms with Crippen molar-refractivity contribution in [2.24, 2.45) is 0 Å². The van der Waals surface area contributed by atoms with Crippen molar-refractivity contribution in [2.45, 2.75) is 20.3 Å². The van der Waals surface area contributed by atoms with E-state index in [-0.39, 0.29) is 5.91 Å². The average Bonchev–Trinajstić information content (AvgIpc) is 2.55. The maximum atomic E-state index is 12.0. The predicted molar refractivity (Wildman–Crippen MR) is 91.1 cm³/mol. The largest absolute Gasteiger partial charge is 0.493 e. The lowest BCUT2D eigenvalue weighted by Gasteiger charge is -2.06. The Hall–Kier alpha value is -2.55. The van der Waals surface area contributed by atoms with Crippen molar-refractivity contribution >= 4 is 17.7 Å². The van der Waals surface area contributed by atoms with Gasteiger partial charge in [0.2, 0.25) is 5.91 Å². The quantitative estimate of drug-likeness (QED) is 0.807. The minimum Gasteiger partial charge on any atom is -0.493 e. The molecule has 3 heteroatoms. The number of rotatable bonds is 6. The summed E-state index contributed by atoms with van der Waals surface area (Å²) in [5.41, 5.74) is 2.94. The summed E-state index contributed by atoms with van der Waals surface area (Å²) in [5, 5.41) is 2.85. The summed E-state index contributed by atoms with van der Waals surface area (Å²) < 4.78 is 5.53. The average molecular weight is 295 g/mol. The van der Waals surface area contributed by atoms with Gasteiger partial charge in [0.05, 0.1) is 6.61 Å². The first-order valence-corrected chi connectivity index (χ1v) is 7.52. The van der Waals surface area contributed by atoms with Crippen molar-refractivity contribution in [3.8, 4) is 5.75 Å². The van der Waals surface area contributed by atoms with Crippen LogP contribution in [0.5, 0.6) is 5.75 Å². The van der Waals surface area contributed by atoms with Gasteiger partial charge in [0.15, 0.2) is 0 Å². The highest BCUT2D eigenvalue weighted by Crippen LogP contribution is 2.19. The van der Waals surface area contributed by atoms with Crippen molar-refractivity contribution in [3.05, 3.63) is 65.7 Å².